The van der Waals surface area contributed by atoms with Crippen molar-refractivity contribution in [2.75, 3.05) is 23.3 Å². The van der Waals surface area contributed by atoms with Gasteiger partial charge in [0.25, 0.3) is 5.91 Å². The quantitative estimate of drug-likeness (QED) is 0.395. The molecule has 0 aromatic carbocycles. The first-order valence-corrected chi connectivity index (χ1v) is 13.3. The Morgan fingerprint density at radius 3 is 2.53 bits per heavy atom. The monoisotopic (exact) mass is 491 g/mol. The Bertz CT molecular complexity index is 1170. The number of hydrogen-bond acceptors (Lipinski definition) is 7. The van der Waals surface area contributed by atoms with Crippen LogP contribution in [0.25, 0.3) is 11.0 Å². The summed E-state index contributed by atoms with van der Waals surface area (Å²) in [6.07, 6.45) is 11.0. The summed E-state index contributed by atoms with van der Waals surface area (Å²) in [5, 5.41) is 17.8. The predicted molar refractivity (Wildman–Crippen MR) is 141 cm³/mol. The predicted octanol–water partition coefficient (Wildman–Crippen LogP) is 3.98. The van der Waals surface area contributed by atoms with E-state index in [1.165, 1.54) is 0 Å². The van der Waals surface area contributed by atoms with Crippen LogP contribution in [0.3, 0.4) is 0 Å². The zero-order valence-corrected chi connectivity index (χ0v) is 21.2. The SMILES string of the molecule is CCC(C)c1cc2c(N[C@H]3CC[C@H](O)CC3)c(C(=O)NC3CCN(c4ncccn4)CC3)cnc2[nH]1. The number of rotatable bonds is 7. The number of pyridine rings is 1. The zero-order valence-electron chi connectivity index (χ0n) is 21.2. The maximum Gasteiger partial charge on any atom is 0.255 e. The number of aliphatic hydroxyl groups is 1. The van der Waals surface area contributed by atoms with E-state index >= 15 is 0 Å². The number of aromatic amines is 1. The molecule has 2 aliphatic rings. The minimum atomic E-state index is -0.223. The average Bonchev–Trinajstić information content (AvgIpc) is 3.35. The zero-order chi connectivity index (χ0) is 25.1. The van der Waals surface area contributed by atoms with Crippen molar-refractivity contribution in [2.45, 2.75) is 82.9 Å². The molecule has 36 heavy (non-hydrogen) atoms. The highest BCUT2D eigenvalue weighted by Crippen LogP contribution is 2.33. The normalized spacial score (nSPS) is 21.9. The standard InChI is InChI=1S/C27H37N7O2/c1-3-17(2)23-15-21-24(31-18-5-7-20(35)8-6-18)22(16-30-25(21)33-23)26(36)32-19-9-13-34(14-10-19)27-28-11-4-12-29-27/h4,11-12,15-20,35H,3,5-10,13-14H2,1-2H3,(H,32,36)(H2,30,31,33)/t17?,18-,20-. The van der Waals surface area contributed by atoms with Gasteiger partial charge in [-0.2, -0.15) is 0 Å². The third-order valence-corrected chi connectivity index (χ3v) is 7.78. The number of hydrogen-bond donors (Lipinski definition) is 4. The van der Waals surface area contributed by atoms with Gasteiger partial charge in [-0.25, -0.2) is 15.0 Å². The van der Waals surface area contributed by atoms with Crippen molar-refractivity contribution < 1.29 is 9.90 Å². The van der Waals surface area contributed by atoms with E-state index in [9.17, 15) is 9.90 Å². The number of fused-ring (bicyclic) bond motifs is 1. The second-order valence-electron chi connectivity index (χ2n) is 10.3. The number of piperidine rings is 1. The van der Waals surface area contributed by atoms with E-state index in [-0.39, 0.29) is 24.1 Å². The van der Waals surface area contributed by atoms with Crippen molar-refractivity contribution in [3.63, 3.8) is 0 Å². The van der Waals surface area contributed by atoms with Crippen LogP contribution in [-0.4, -0.2) is 62.2 Å². The number of carbonyl (C=O) groups excluding carboxylic acids is 1. The first-order chi connectivity index (χ1) is 17.5. The number of anilines is 2. The van der Waals surface area contributed by atoms with Crippen LogP contribution in [-0.2, 0) is 0 Å². The Morgan fingerprint density at radius 2 is 1.83 bits per heavy atom. The molecule has 9 heteroatoms. The molecular formula is C27H37N7O2. The highest BCUT2D eigenvalue weighted by molar-refractivity contribution is 6.07. The lowest BCUT2D eigenvalue weighted by molar-refractivity contribution is 0.0931. The molecule has 4 heterocycles. The molecule has 2 fully saturated rings. The summed E-state index contributed by atoms with van der Waals surface area (Å²) in [4.78, 5) is 32.5. The van der Waals surface area contributed by atoms with E-state index in [4.69, 9.17) is 0 Å². The fraction of sp³-hybridized carbons (Fsp3) is 0.556. The fourth-order valence-corrected chi connectivity index (χ4v) is 5.27. The second kappa shape index (κ2) is 10.8. The summed E-state index contributed by atoms with van der Waals surface area (Å²) >= 11 is 0. The van der Waals surface area contributed by atoms with Crippen LogP contribution in [0.2, 0.25) is 0 Å². The van der Waals surface area contributed by atoms with Crippen molar-refractivity contribution in [1.29, 1.82) is 0 Å². The first kappa shape index (κ1) is 24.5. The highest BCUT2D eigenvalue weighted by atomic mass is 16.3. The number of amides is 1. The van der Waals surface area contributed by atoms with Crippen LogP contribution in [0.15, 0.2) is 30.7 Å². The third-order valence-electron chi connectivity index (χ3n) is 7.78. The van der Waals surface area contributed by atoms with Gasteiger partial charge < -0.3 is 25.6 Å². The summed E-state index contributed by atoms with van der Waals surface area (Å²) in [5.74, 6) is 1.03. The van der Waals surface area contributed by atoms with E-state index in [0.29, 0.717) is 11.5 Å². The van der Waals surface area contributed by atoms with Gasteiger partial charge in [-0.15, -0.1) is 0 Å². The molecule has 1 aliphatic carbocycles. The van der Waals surface area contributed by atoms with Crippen molar-refractivity contribution in [3.05, 3.63) is 42.0 Å². The molecule has 0 spiro atoms. The Kier molecular flexibility index (Phi) is 7.36. The summed E-state index contributed by atoms with van der Waals surface area (Å²) < 4.78 is 0. The summed E-state index contributed by atoms with van der Waals surface area (Å²) in [6, 6.07) is 4.28. The first-order valence-electron chi connectivity index (χ1n) is 13.3. The number of aliphatic hydroxyl groups excluding tert-OH is 1. The van der Waals surface area contributed by atoms with Gasteiger partial charge in [0.15, 0.2) is 0 Å². The molecule has 1 saturated carbocycles. The molecule has 9 nitrogen and oxygen atoms in total. The van der Waals surface area contributed by atoms with Gasteiger partial charge in [0.2, 0.25) is 5.95 Å². The molecule has 1 atom stereocenters. The van der Waals surface area contributed by atoms with Gasteiger partial charge >= 0.3 is 0 Å². The fourth-order valence-electron chi connectivity index (χ4n) is 5.27. The molecule has 0 radical (unpaired) electrons. The lowest BCUT2D eigenvalue weighted by Gasteiger charge is -2.32. The molecule has 1 unspecified atom stereocenters. The maximum atomic E-state index is 13.5. The van der Waals surface area contributed by atoms with Gasteiger partial charge in [-0.3, -0.25) is 4.79 Å². The van der Waals surface area contributed by atoms with Crippen molar-refractivity contribution in [2.24, 2.45) is 0 Å². The Labute approximate surface area is 212 Å². The Hall–Kier alpha value is -3.20. The summed E-state index contributed by atoms with van der Waals surface area (Å²) in [5.41, 5.74) is 3.36. The van der Waals surface area contributed by atoms with Crippen LogP contribution in [0.4, 0.5) is 11.6 Å². The van der Waals surface area contributed by atoms with Gasteiger partial charge in [0, 0.05) is 54.8 Å². The maximum absolute atomic E-state index is 13.5. The van der Waals surface area contributed by atoms with Gasteiger partial charge in [-0.1, -0.05) is 13.8 Å². The largest absolute Gasteiger partial charge is 0.393 e. The van der Waals surface area contributed by atoms with E-state index < -0.39 is 0 Å². The molecule has 1 aliphatic heterocycles. The lowest BCUT2D eigenvalue weighted by Crippen LogP contribution is -2.45. The molecule has 192 valence electrons. The molecule has 4 N–H and O–H groups in total. The van der Waals surface area contributed by atoms with Crippen LogP contribution in [0.1, 0.15) is 80.8 Å². The van der Waals surface area contributed by atoms with Crippen LogP contribution >= 0.6 is 0 Å². The van der Waals surface area contributed by atoms with Gasteiger partial charge in [0.05, 0.1) is 17.4 Å². The number of aromatic nitrogens is 4. The smallest absolute Gasteiger partial charge is 0.255 e. The number of H-pyrrole nitrogens is 1. The van der Waals surface area contributed by atoms with Gasteiger partial charge in [0.1, 0.15) is 5.65 Å². The van der Waals surface area contributed by atoms with Gasteiger partial charge in [-0.05, 0) is 63.0 Å². The molecule has 0 bridgehead atoms. The number of nitrogens with zero attached hydrogens (tertiary/aromatic N) is 4. The van der Waals surface area contributed by atoms with Crippen LogP contribution in [0, 0.1) is 0 Å². The lowest BCUT2D eigenvalue weighted by atomic mass is 9.92. The Morgan fingerprint density at radius 1 is 1.11 bits per heavy atom. The van der Waals surface area contributed by atoms with Crippen LogP contribution in [0.5, 0.6) is 0 Å². The van der Waals surface area contributed by atoms with Crippen molar-refractivity contribution >= 4 is 28.6 Å². The second-order valence-corrected chi connectivity index (χ2v) is 10.3. The van der Waals surface area contributed by atoms with Crippen molar-refractivity contribution in [3.8, 4) is 0 Å². The van der Waals surface area contributed by atoms with E-state index in [1.807, 2.05) is 6.07 Å². The molecular weight excluding hydrogens is 454 g/mol. The summed E-state index contributed by atoms with van der Waals surface area (Å²) in [6.45, 7) is 5.97. The minimum absolute atomic E-state index is 0.0905. The minimum Gasteiger partial charge on any atom is -0.393 e. The average molecular weight is 492 g/mol. The highest BCUT2D eigenvalue weighted by Gasteiger charge is 2.27. The molecule has 5 rings (SSSR count). The van der Waals surface area contributed by atoms with E-state index in [1.54, 1.807) is 18.6 Å². The third kappa shape index (κ3) is 5.31. The van der Waals surface area contributed by atoms with E-state index in [0.717, 1.165) is 86.4 Å². The van der Waals surface area contributed by atoms with Crippen molar-refractivity contribution in [1.82, 2.24) is 25.3 Å². The number of carbonyl (C=O) groups is 1. The summed E-state index contributed by atoms with van der Waals surface area (Å²) in [7, 11) is 0. The molecule has 1 saturated heterocycles. The molecule has 3 aromatic heterocycles. The number of nitrogens with one attached hydrogen (secondary N) is 3. The Balaban J connectivity index is 1.35. The topological polar surface area (TPSA) is 119 Å². The molecule has 1 amide bonds. The van der Waals surface area contributed by atoms with E-state index in [2.05, 4.69) is 55.4 Å². The van der Waals surface area contributed by atoms with Crippen LogP contribution < -0.4 is 15.5 Å². The molecule has 3 aromatic rings.